The molecule has 4 rings (SSSR count). The SMILES string of the molecule is COc1ccc2cn(C[C@@]3(C#Cc4cnccc4C(N)=O)NC(=O)NC3=O)c(O)c2c1. The first-order valence-electron chi connectivity index (χ1n) is 9.09. The molecule has 10 nitrogen and oxygen atoms in total. The number of urea groups is 1. The lowest BCUT2D eigenvalue weighted by molar-refractivity contribution is -0.122. The van der Waals surface area contributed by atoms with Crippen LogP contribution in [0.5, 0.6) is 11.6 Å². The number of aromatic nitrogens is 2. The lowest BCUT2D eigenvalue weighted by atomic mass is 9.99. The molecule has 3 heterocycles. The van der Waals surface area contributed by atoms with Crippen LogP contribution in [0.4, 0.5) is 4.79 Å². The van der Waals surface area contributed by atoms with Crippen molar-refractivity contribution in [2.75, 3.05) is 7.11 Å². The van der Waals surface area contributed by atoms with Crippen LogP contribution >= 0.6 is 0 Å². The van der Waals surface area contributed by atoms with Crippen LogP contribution in [-0.4, -0.2) is 45.2 Å². The highest BCUT2D eigenvalue weighted by Gasteiger charge is 2.46. The zero-order chi connectivity index (χ0) is 22.2. The Hall–Kier alpha value is -4.52. The van der Waals surface area contributed by atoms with Crippen molar-refractivity contribution in [3.05, 3.63) is 54.0 Å². The standard InChI is InChI=1S/C21H17N5O5/c1-31-14-3-2-13-10-26(18(28)16(13)8-14)11-21(19(29)24-20(30)25-21)6-4-12-9-23-7-5-15(12)17(22)27/h2-3,5,7-10,28H,11H2,1H3,(H2,22,27)(H2,24,25,29,30)/t21-/m1/s1. The molecule has 10 heteroatoms. The lowest BCUT2D eigenvalue weighted by Gasteiger charge is -2.20. The van der Waals surface area contributed by atoms with E-state index >= 15 is 0 Å². The van der Waals surface area contributed by atoms with E-state index in [0.29, 0.717) is 16.5 Å². The first kappa shape index (κ1) is 19.8. The molecule has 1 aromatic carbocycles. The van der Waals surface area contributed by atoms with Gasteiger partial charge in [-0.25, -0.2) is 4.79 Å². The number of fused-ring (bicyclic) bond motifs is 1. The van der Waals surface area contributed by atoms with Crippen LogP contribution in [-0.2, 0) is 11.3 Å². The number of nitrogens with two attached hydrogens (primary N) is 1. The number of pyridine rings is 1. The number of aromatic hydroxyl groups is 1. The number of hydrogen-bond acceptors (Lipinski definition) is 6. The molecular weight excluding hydrogens is 402 g/mol. The molecule has 2 aromatic heterocycles. The molecule has 5 N–H and O–H groups in total. The van der Waals surface area contributed by atoms with Crippen LogP contribution in [0, 0.1) is 11.8 Å². The molecule has 3 aromatic rings. The Labute approximate surface area is 176 Å². The molecule has 156 valence electrons. The molecule has 0 bridgehead atoms. The molecule has 1 saturated heterocycles. The van der Waals surface area contributed by atoms with Gasteiger partial charge in [0.25, 0.3) is 5.91 Å². The highest BCUT2D eigenvalue weighted by atomic mass is 16.5. The molecule has 0 saturated carbocycles. The molecule has 1 aliphatic rings. The summed E-state index contributed by atoms with van der Waals surface area (Å²) in [7, 11) is 1.51. The van der Waals surface area contributed by atoms with Gasteiger partial charge in [-0.2, -0.15) is 0 Å². The van der Waals surface area contributed by atoms with Crippen LogP contribution < -0.4 is 21.1 Å². The third-order valence-corrected chi connectivity index (χ3v) is 4.91. The second-order valence-electron chi connectivity index (χ2n) is 6.88. The van der Waals surface area contributed by atoms with Gasteiger partial charge in [0.1, 0.15) is 5.75 Å². The number of carbonyl (C=O) groups excluding carboxylic acids is 3. The van der Waals surface area contributed by atoms with E-state index in [4.69, 9.17) is 10.5 Å². The largest absolute Gasteiger partial charge is 0.497 e. The highest BCUT2D eigenvalue weighted by Crippen LogP contribution is 2.32. The molecule has 1 atom stereocenters. The van der Waals surface area contributed by atoms with E-state index in [0.717, 1.165) is 0 Å². The van der Waals surface area contributed by atoms with Gasteiger partial charge in [-0.15, -0.1) is 0 Å². The summed E-state index contributed by atoms with van der Waals surface area (Å²) in [6, 6.07) is 5.83. The van der Waals surface area contributed by atoms with E-state index in [1.807, 2.05) is 0 Å². The number of ether oxygens (including phenoxy) is 1. The number of methoxy groups -OCH3 is 1. The second kappa shape index (κ2) is 7.38. The van der Waals surface area contributed by atoms with Gasteiger partial charge in [-0.05, 0) is 24.3 Å². The Kier molecular flexibility index (Phi) is 4.71. The number of benzene rings is 1. The van der Waals surface area contributed by atoms with E-state index in [1.165, 1.54) is 30.1 Å². The minimum atomic E-state index is -1.70. The van der Waals surface area contributed by atoms with Gasteiger partial charge < -0.3 is 25.5 Å². The fourth-order valence-electron chi connectivity index (χ4n) is 3.34. The summed E-state index contributed by atoms with van der Waals surface area (Å²) >= 11 is 0. The van der Waals surface area contributed by atoms with Gasteiger partial charge in [0, 0.05) is 29.4 Å². The van der Waals surface area contributed by atoms with Crippen molar-refractivity contribution in [1.82, 2.24) is 20.2 Å². The zero-order valence-corrected chi connectivity index (χ0v) is 16.3. The number of carbonyl (C=O) groups is 3. The Bertz CT molecular complexity index is 1300. The van der Waals surface area contributed by atoms with Gasteiger partial charge in [0.05, 0.1) is 24.8 Å². The quantitative estimate of drug-likeness (QED) is 0.357. The highest BCUT2D eigenvalue weighted by molar-refractivity contribution is 6.09. The maximum absolute atomic E-state index is 12.7. The first-order valence-corrected chi connectivity index (χ1v) is 9.09. The number of amides is 4. The van der Waals surface area contributed by atoms with Crippen molar-refractivity contribution in [3.63, 3.8) is 0 Å². The minimum Gasteiger partial charge on any atom is -0.497 e. The molecule has 31 heavy (non-hydrogen) atoms. The Morgan fingerprint density at radius 3 is 2.84 bits per heavy atom. The van der Waals surface area contributed by atoms with E-state index < -0.39 is 23.4 Å². The number of nitrogens with one attached hydrogen (secondary N) is 2. The summed E-state index contributed by atoms with van der Waals surface area (Å²) in [6.07, 6.45) is 4.36. The topological polar surface area (TPSA) is 149 Å². The minimum absolute atomic E-state index is 0.122. The van der Waals surface area contributed by atoms with Crippen LogP contribution in [0.3, 0.4) is 0 Å². The van der Waals surface area contributed by atoms with Gasteiger partial charge in [-0.1, -0.05) is 11.8 Å². The van der Waals surface area contributed by atoms with Crippen LogP contribution in [0.15, 0.2) is 42.9 Å². The van der Waals surface area contributed by atoms with Gasteiger partial charge >= 0.3 is 6.03 Å². The van der Waals surface area contributed by atoms with Crippen molar-refractivity contribution >= 4 is 28.6 Å². The van der Waals surface area contributed by atoms with Crippen molar-refractivity contribution in [3.8, 4) is 23.5 Å². The van der Waals surface area contributed by atoms with Crippen LogP contribution in [0.2, 0.25) is 0 Å². The third-order valence-electron chi connectivity index (χ3n) is 4.91. The molecular formula is C21H17N5O5. The summed E-state index contributed by atoms with van der Waals surface area (Å²) < 4.78 is 6.59. The third kappa shape index (κ3) is 3.49. The predicted octanol–water partition coefficient (Wildman–Crippen LogP) is 0.479. The Balaban J connectivity index is 1.79. The Morgan fingerprint density at radius 1 is 1.35 bits per heavy atom. The first-order chi connectivity index (χ1) is 14.8. The molecule has 4 amide bonds. The second-order valence-corrected chi connectivity index (χ2v) is 6.88. The summed E-state index contributed by atoms with van der Waals surface area (Å²) in [4.78, 5) is 40.1. The number of primary amides is 1. The smallest absolute Gasteiger partial charge is 0.323 e. The molecule has 1 aliphatic heterocycles. The fraction of sp³-hybridized carbons (Fsp3) is 0.143. The normalized spacial score (nSPS) is 17.6. The van der Waals surface area contributed by atoms with Crippen molar-refractivity contribution in [2.24, 2.45) is 5.73 Å². The van der Waals surface area contributed by atoms with Gasteiger partial charge in [0.15, 0.2) is 5.88 Å². The van der Waals surface area contributed by atoms with Crippen molar-refractivity contribution in [2.45, 2.75) is 12.1 Å². The fourth-order valence-corrected chi connectivity index (χ4v) is 3.34. The van der Waals surface area contributed by atoms with Crippen LogP contribution in [0.25, 0.3) is 10.8 Å². The van der Waals surface area contributed by atoms with E-state index in [-0.39, 0.29) is 23.6 Å². The number of nitrogens with zero attached hydrogens (tertiary/aromatic N) is 2. The van der Waals surface area contributed by atoms with E-state index in [9.17, 15) is 19.5 Å². The lowest BCUT2D eigenvalue weighted by Crippen LogP contribution is -2.49. The number of rotatable bonds is 4. The molecule has 0 unspecified atom stereocenters. The van der Waals surface area contributed by atoms with Crippen molar-refractivity contribution < 1.29 is 24.2 Å². The van der Waals surface area contributed by atoms with Gasteiger partial charge in [-0.3, -0.25) is 19.9 Å². The monoisotopic (exact) mass is 419 g/mol. The van der Waals surface area contributed by atoms with Gasteiger partial charge in [0.2, 0.25) is 11.4 Å². The maximum atomic E-state index is 12.7. The maximum Gasteiger partial charge on any atom is 0.323 e. The number of imide groups is 1. The average Bonchev–Trinajstić information content (AvgIpc) is 3.21. The Morgan fingerprint density at radius 2 is 2.16 bits per heavy atom. The number of hydrogen-bond donors (Lipinski definition) is 4. The average molecular weight is 419 g/mol. The molecule has 0 spiro atoms. The predicted molar refractivity (Wildman–Crippen MR) is 109 cm³/mol. The molecule has 1 fully saturated rings. The van der Waals surface area contributed by atoms with E-state index in [2.05, 4.69) is 27.5 Å². The summed E-state index contributed by atoms with van der Waals surface area (Å²) in [6.45, 7) is -0.188. The van der Waals surface area contributed by atoms with E-state index in [1.54, 1.807) is 24.4 Å². The zero-order valence-electron chi connectivity index (χ0n) is 16.3. The molecule has 0 radical (unpaired) electrons. The summed E-state index contributed by atoms with van der Waals surface area (Å²) in [5, 5.41) is 16.6. The summed E-state index contributed by atoms with van der Waals surface area (Å²) in [5.41, 5.74) is 4.00. The summed E-state index contributed by atoms with van der Waals surface area (Å²) in [5.74, 6) is 4.48. The van der Waals surface area contributed by atoms with Crippen molar-refractivity contribution in [1.29, 1.82) is 0 Å². The van der Waals surface area contributed by atoms with Crippen LogP contribution in [0.1, 0.15) is 15.9 Å². The molecule has 0 aliphatic carbocycles.